The summed E-state index contributed by atoms with van der Waals surface area (Å²) >= 11 is 0. The molecule has 1 aliphatic rings. The normalized spacial score (nSPS) is 21.8. The Hall–Kier alpha value is -0.990. The molecular weight excluding hydrogens is 189 g/mol. The zero-order valence-electron chi connectivity index (χ0n) is 7.64. The molecule has 0 nitrogen and oxygen atoms in total. The topological polar surface area (TPSA) is 0 Å². The van der Waals surface area contributed by atoms with Crippen molar-refractivity contribution in [2.75, 3.05) is 0 Å². The molecule has 76 valence electrons. The number of hydrogen-bond donors (Lipinski definition) is 0. The first-order valence-electron chi connectivity index (χ1n) is 4.73. The lowest BCUT2D eigenvalue weighted by molar-refractivity contribution is -0.153. The highest BCUT2D eigenvalue weighted by Crippen LogP contribution is 2.42. The molecule has 0 saturated carbocycles. The van der Waals surface area contributed by atoms with Gasteiger partial charge in [0.25, 0.3) is 0 Å². The van der Waals surface area contributed by atoms with Gasteiger partial charge >= 0.3 is 6.18 Å². The smallest absolute Gasteiger partial charge is 0.170 e. The first kappa shape index (κ1) is 9.56. The zero-order chi connectivity index (χ0) is 10.2. The molecule has 1 aromatic rings. The molecule has 0 amide bonds. The highest BCUT2D eigenvalue weighted by atomic mass is 19.4. The van der Waals surface area contributed by atoms with Crippen LogP contribution in [0.25, 0.3) is 0 Å². The first-order valence-corrected chi connectivity index (χ1v) is 4.73. The summed E-state index contributed by atoms with van der Waals surface area (Å²) < 4.78 is 37.9. The number of aryl methyl sites for hydroxylation is 1. The summed E-state index contributed by atoms with van der Waals surface area (Å²) in [5.74, 6) is -1.24. The molecule has 0 spiro atoms. The molecule has 14 heavy (non-hydrogen) atoms. The zero-order valence-corrected chi connectivity index (χ0v) is 7.64. The van der Waals surface area contributed by atoms with Crippen molar-refractivity contribution in [3.05, 3.63) is 35.4 Å². The van der Waals surface area contributed by atoms with E-state index in [0.29, 0.717) is 12.0 Å². The van der Waals surface area contributed by atoms with Gasteiger partial charge in [0, 0.05) is 0 Å². The molecular formula is C11H11F3. The molecule has 0 aliphatic heterocycles. The number of halogens is 3. The second-order valence-electron chi connectivity index (χ2n) is 3.69. The SMILES string of the molecule is FC(F)(F)C1CCCc2ccccc21. The van der Waals surface area contributed by atoms with E-state index in [2.05, 4.69) is 0 Å². The van der Waals surface area contributed by atoms with Crippen LogP contribution in [-0.4, -0.2) is 6.18 Å². The van der Waals surface area contributed by atoms with Gasteiger partial charge in [-0.3, -0.25) is 0 Å². The van der Waals surface area contributed by atoms with E-state index in [1.54, 1.807) is 24.3 Å². The molecule has 0 N–H and O–H groups in total. The predicted molar refractivity (Wildman–Crippen MR) is 48.2 cm³/mol. The molecule has 0 radical (unpaired) electrons. The van der Waals surface area contributed by atoms with E-state index in [4.69, 9.17) is 0 Å². The van der Waals surface area contributed by atoms with Crippen LogP contribution in [0, 0.1) is 0 Å². The lowest BCUT2D eigenvalue weighted by atomic mass is 9.82. The Morgan fingerprint density at radius 2 is 1.86 bits per heavy atom. The van der Waals surface area contributed by atoms with Gasteiger partial charge in [0.05, 0.1) is 5.92 Å². The minimum Gasteiger partial charge on any atom is -0.170 e. The van der Waals surface area contributed by atoms with Crippen LogP contribution in [0.1, 0.15) is 29.9 Å². The van der Waals surface area contributed by atoms with Crippen LogP contribution >= 0.6 is 0 Å². The van der Waals surface area contributed by atoms with E-state index in [0.717, 1.165) is 12.0 Å². The molecule has 0 saturated heterocycles. The second-order valence-corrected chi connectivity index (χ2v) is 3.69. The van der Waals surface area contributed by atoms with Crippen molar-refractivity contribution < 1.29 is 13.2 Å². The molecule has 0 heterocycles. The Kier molecular flexibility index (Phi) is 2.25. The lowest BCUT2D eigenvalue weighted by Gasteiger charge is -2.27. The van der Waals surface area contributed by atoms with Crippen molar-refractivity contribution in [2.45, 2.75) is 31.4 Å². The average molecular weight is 200 g/mol. The van der Waals surface area contributed by atoms with Crippen LogP contribution in [0.15, 0.2) is 24.3 Å². The van der Waals surface area contributed by atoms with Crippen molar-refractivity contribution in [3.63, 3.8) is 0 Å². The Labute approximate surface area is 80.7 Å². The predicted octanol–water partition coefficient (Wildman–Crippen LogP) is 3.67. The van der Waals surface area contributed by atoms with Crippen molar-refractivity contribution in [3.8, 4) is 0 Å². The number of alkyl halides is 3. The van der Waals surface area contributed by atoms with Gasteiger partial charge in [-0.1, -0.05) is 24.3 Å². The third-order valence-corrected chi connectivity index (χ3v) is 2.76. The molecule has 0 bridgehead atoms. The fourth-order valence-electron chi connectivity index (χ4n) is 2.09. The Bertz CT molecular complexity index is 328. The largest absolute Gasteiger partial charge is 0.395 e. The van der Waals surface area contributed by atoms with Gasteiger partial charge in [-0.15, -0.1) is 0 Å². The maximum Gasteiger partial charge on any atom is 0.395 e. The summed E-state index contributed by atoms with van der Waals surface area (Å²) in [6.07, 6.45) is -2.43. The van der Waals surface area contributed by atoms with Crippen molar-refractivity contribution >= 4 is 0 Å². The highest BCUT2D eigenvalue weighted by Gasteiger charge is 2.42. The fourth-order valence-corrected chi connectivity index (χ4v) is 2.09. The summed E-state index contributed by atoms with van der Waals surface area (Å²) in [5.41, 5.74) is 1.34. The van der Waals surface area contributed by atoms with Gasteiger partial charge in [-0.2, -0.15) is 13.2 Å². The van der Waals surface area contributed by atoms with Crippen molar-refractivity contribution in [2.24, 2.45) is 0 Å². The van der Waals surface area contributed by atoms with Gasteiger partial charge in [-0.25, -0.2) is 0 Å². The minimum atomic E-state index is -4.09. The molecule has 0 aromatic heterocycles. The number of rotatable bonds is 0. The molecule has 1 aromatic carbocycles. The van der Waals surface area contributed by atoms with Crippen LogP contribution < -0.4 is 0 Å². The van der Waals surface area contributed by atoms with Crippen molar-refractivity contribution in [1.82, 2.24) is 0 Å². The first-order chi connectivity index (χ1) is 6.59. The maximum atomic E-state index is 12.6. The third kappa shape index (κ3) is 1.63. The lowest BCUT2D eigenvalue weighted by Crippen LogP contribution is -2.24. The molecule has 0 fully saturated rings. The quantitative estimate of drug-likeness (QED) is 0.599. The molecule has 2 rings (SSSR count). The van der Waals surface area contributed by atoms with Crippen LogP contribution in [0.4, 0.5) is 13.2 Å². The Balaban J connectivity index is 2.41. The maximum absolute atomic E-state index is 12.6. The van der Waals surface area contributed by atoms with Gasteiger partial charge in [-0.05, 0) is 30.4 Å². The van der Waals surface area contributed by atoms with Gasteiger partial charge in [0.15, 0.2) is 0 Å². The summed E-state index contributed by atoms with van der Waals surface area (Å²) in [7, 11) is 0. The standard InChI is InChI=1S/C11H11F3/c12-11(13,14)10-7-3-5-8-4-1-2-6-9(8)10/h1-2,4,6,10H,3,5,7H2. The van der Waals surface area contributed by atoms with E-state index in [1.165, 1.54) is 0 Å². The van der Waals surface area contributed by atoms with E-state index in [9.17, 15) is 13.2 Å². The summed E-state index contributed by atoms with van der Waals surface area (Å²) in [5, 5.41) is 0. The average Bonchev–Trinajstić information content (AvgIpc) is 2.15. The van der Waals surface area contributed by atoms with Gasteiger partial charge < -0.3 is 0 Å². The molecule has 1 aliphatic carbocycles. The minimum absolute atomic E-state index is 0.237. The van der Waals surface area contributed by atoms with E-state index < -0.39 is 12.1 Å². The summed E-state index contributed by atoms with van der Waals surface area (Å²) in [6, 6.07) is 6.89. The summed E-state index contributed by atoms with van der Waals surface area (Å²) in [6.45, 7) is 0. The Morgan fingerprint density at radius 1 is 1.14 bits per heavy atom. The molecule has 1 atom stereocenters. The number of hydrogen-bond acceptors (Lipinski definition) is 0. The van der Waals surface area contributed by atoms with E-state index in [1.807, 2.05) is 0 Å². The monoisotopic (exact) mass is 200 g/mol. The Morgan fingerprint density at radius 3 is 2.57 bits per heavy atom. The molecule has 1 unspecified atom stereocenters. The number of benzene rings is 1. The van der Waals surface area contributed by atoms with Crippen LogP contribution in [0.3, 0.4) is 0 Å². The third-order valence-electron chi connectivity index (χ3n) is 2.76. The van der Waals surface area contributed by atoms with Gasteiger partial charge in [0.1, 0.15) is 0 Å². The highest BCUT2D eigenvalue weighted by molar-refractivity contribution is 5.33. The summed E-state index contributed by atoms with van der Waals surface area (Å²) in [4.78, 5) is 0. The van der Waals surface area contributed by atoms with Crippen LogP contribution in [0.5, 0.6) is 0 Å². The van der Waals surface area contributed by atoms with E-state index in [-0.39, 0.29) is 6.42 Å². The van der Waals surface area contributed by atoms with Crippen LogP contribution in [0.2, 0.25) is 0 Å². The van der Waals surface area contributed by atoms with Gasteiger partial charge in [0.2, 0.25) is 0 Å². The second kappa shape index (κ2) is 3.30. The number of fused-ring (bicyclic) bond motifs is 1. The van der Waals surface area contributed by atoms with Crippen molar-refractivity contribution in [1.29, 1.82) is 0 Å². The fraction of sp³-hybridized carbons (Fsp3) is 0.455. The molecule has 3 heteroatoms. The van der Waals surface area contributed by atoms with Crippen LogP contribution in [-0.2, 0) is 6.42 Å². The van der Waals surface area contributed by atoms with E-state index >= 15 is 0 Å².